The van der Waals surface area contributed by atoms with Crippen LogP contribution in [0.1, 0.15) is 40.4 Å². The van der Waals surface area contributed by atoms with Gasteiger partial charge in [0.25, 0.3) is 5.91 Å². The van der Waals surface area contributed by atoms with Gasteiger partial charge in [-0.1, -0.05) is 18.2 Å². The van der Waals surface area contributed by atoms with E-state index in [0.29, 0.717) is 35.7 Å². The van der Waals surface area contributed by atoms with Crippen LogP contribution in [0.15, 0.2) is 48.8 Å². The first kappa shape index (κ1) is 19.6. The van der Waals surface area contributed by atoms with Crippen molar-refractivity contribution in [1.29, 1.82) is 0 Å². The number of para-hydroxylation sites is 1. The summed E-state index contributed by atoms with van der Waals surface area (Å²) < 4.78 is 1.65. The molecule has 1 aromatic carbocycles. The van der Waals surface area contributed by atoms with Crippen LogP contribution < -0.4 is 10.6 Å². The molecule has 154 valence electrons. The third-order valence-corrected chi connectivity index (χ3v) is 5.43. The maximum Gasteiger partial charge on any atom is 0.314 e. The van der Waals surface area contributed by atoms with Crippen molar-refractivity contribution in [2.45, 2.75) is 25.7 Å². The quantitative estimate of drug-likeness (QED) is 0.514. The summed E-state index contributed by atoms with van der Waals surface area (Å²) in [6.45, 7) is 2.83. The lowest BCUT2D eigenvalue weighted by atomic mass is 9.92. The van der Waals surface area contributed by atoms with Gasteiger partial charge < -0.3 is 10.6 Å². The number of carbonyl (C=O) groups is 1. The van der Waals surface area contributed by atoms with E-state index in [4.69, 9.17) is 5.73 Å². The molecule has 9 heteroatoms. The predicted molar refractivity (Wildman–Crippen MR) is 112 cm³/mol. The molecular formula is C21H22N6O3. The van der Waals surface area contributed by atoms with Gasteiger partial charge in [0, 0.05) is 37.0 Å². The van der Waals surface area contributed by atoms with Crippen LogP contribution in [0.2, 0.25) is 0 Å². The second kappa shape index (κ2) is 7.94. The van der Waals surface area contributed by atoms with Gasteiger partial charge in [0.2, 0.25) is 5.82 Å². The number of nitrogens with two attached hydrogens (primary N) is 1. The molecule has 1 aliphatic rings. The number of rotatable bonds is 5. The Balaban J connectivity index is 1.69. The van der Waals surface area contributed by atoms with Crippen LogP contribution >= 0.6 is 0 Å². The Morgan fingerprint density at radius 2 is 2.03 bits per heavy atom. The number of hydrogen-bond donors (Lipinski definition) is 1. The van der Waals surface area contributed by atoms with Gasteiger partial charge in [-0.05, 0) is 38.0 Å². The van der Waals surface area contributed by atoms with Crippen LogP contribution in [-0.2, 0) is 0 Å². The summed E-state index contributed by atoms with van der Waals surface area (Å²) in [5, 5.41) is 16.3. The topological polar surface area (TPSA) is 120 Å². The summed E-state index contributed by atoms with van der Waals surface area (Å²) in [6, 6.07) is 11.1. The molecule has 1 aliphatic heterocycles. The Bertz CT molecular complexity index is 1100. The fraction of sp³-hybridized carbons (Fsp3) is 0.286. The molecule has 3 heterocycles. The number of anilines is 1. The first-order chi connectivity index (χ1) is 14.5. The van der Waals surface area contributed by atoms with Gasteiger partial charge >= 0.3 is 5.69 Å². The number of nitro groups is 1. The lowest BCUT2D eigenvalue weighted by Crippen LogP contribution is -2.36. The van der Waals surface area contributed by atoms with Crippen LogP contribution in [-0.4, -0.2) is 38.7 Å². The second-order valence-corrected chi connectivity index (χ2v) is 7.41. The highest BCUT2D eigenvalue weighted by Gasteiger charge is 2.32. The maximum atomic E-state index is 12.1. The predicted octanol–water partition coefficient (Wildman–Crippen LogP) is 2.97. The van der Waals surface area contributed by atoms with Crippen LogP contribution in [0.4, 0.5) is 11.5 Å². The van der Waals surface area contributed by atoms with E-state index in [-0.39, 0.29) is 16.5 Å². The number of piperidine rings is 1. The Kier molecular flexibility index (Phi) is 5.18. The Morgan fingerprint density at radius 3 is 2.73 bits per heavy atom. The number of hydrogen-bond acceptors (Lipinski definition) is 6. The molecule has 1 amide bonds. The van der Waals surface area contributed by atoms with E-state index in [1.807, 2.05) is 35.2 Å². The van der Waals surface area contributed by atoms with Crippen molar-refractivity contribution in [2.24, 2.45) is 5.73 Å². The van der Waals surface area contributed by atoms with Crippen molar-refractivity contribution in [3.8, 4) is 5.69 Å². The minimum atomic E-state index is -0.538. The zero-order chi connectivity index (χ0) is 21.3. The van der Waals surface area contributed by atoms with E-state index in [1.54, 1.807) is 30.1 Å². The molecule has 30 heavy (non-hydrogen) atoms. The fourth-order valence-corrected chi connectivity index (χ4v) is 3.98. The number of primary amides is 1. The molecule has 0 unspecified atom stereocenters. The molecule has 9 nitrogen and oxygen atoms in total. The largest absolute Gasteiger partial charge is 0.365 e. The zero-order valence-electron chi connectivity index (χ0n) is 16.6. The molecule has 0 spiro atoms. The molecule has 1 saturated heterocycles. The Labute approximate surface area is 173 Å². The lowest BCUT2D eigenvalue weighted by Gasteiger charge is -2.33. The maximum absolute atomic E-state index is 12.1. The van der Waals surface area contributed by atoms with Crippen molar-refractivity contribution < 1.29 is 9.72 Å². The molecule has 1 fully saturated rings. The second-order valence-electron chi connectivity index (χ2n) is 7.41. The van der Waals surface area contributed by atoms with Crippen LogP contribution in [0.3, 0.4) is 0 Å². The summed E-state index contributed by atoms with van der Waals surface area (Å²) in [7, 11) is 0. The van der Waals surface area contributed by atoms with Crippen molar-refractivity contribution in [3.05, 3.63) is 75.7 Å². The number of pyridine rings is 1. The van der Waals surface area contributed by atoms with E-state index >= 15 is 0 Å². The van der Waals surface area contributed by atoms with Gasteiger partial charge in [-0.15, -0.1) is 0 Å². The number of amides is 1. The van der Waals surface area contributed by atoms with Crippen LogP contribution in [0.25, 0.3) is 5.69 Å². The first-order valence-corrected chi connectivity index (χ1v) is 9.75. The first-order valence-electron chi connectivity index (χ1n) is 9.75. The van der Waals surface area contributed by atoms with E-state index < -0.39 is 5.91 Å². The average Bonchev–Trinajstić information content (AvgIpc) is 3.20. The monoisotopic (exact) mass is 406 g/mol. The molecule has 0 radical (unpaired) electrons. The summed E-state index contributed by atoms with van der Waals surface area (Å²) in [5.74, 6) is -0.273. The van der Waals surface area contributed by atoms with Crippen molar-refractivity contribution in [2.75, 3.05) is 18.0 Å². The van der Waals surface area contributed by atoms with Crippen molar-refractivity contribution in [1.82, 2.24) is 14.8 Å². The third kappa shape index (κ3) is 3.61. The Hall–Kier alpha value is -3.75. The van der Waals surface area contributed by atoms with Gasteiger partial charge in [-0.3, -0.25) is 14.9 Å². The smallest absolute Gasteiger partial charge is 0.314 e. The van der Waals surface area contributed by atoms with Gasteiger partial charge in [0.1, 0.15) is 0 Å². The summed E-state index contributed by atoms with van der Waals surface area (Å²) in [4.78, 5) is 29.5. The normalized spacial score (nSPS) is 16.4. The SMILES string of the molecule is Cc1ccnc(N2CCC[C@H](c3nn(-c4ccccc4)cc3C(N)=O)C2)c1[N+](=O)[O-]. The Morgan fingerprint density at radius 1 is 1.27 bits per heavy atom. The third-order valence-electron chi connectivity index (χ3n) is 5.43. The van der Waals surface area contributed by atoms with Crippen molar-refractivity contribution in [3.63, 3.8) is 0 Å². The molecule has 1 atom stereocenters. The minimum Gasteiger partial charge on any atom is -0.365 e. The molecule has 0 bridgehead atoms. The molecule has 3 aromatic rings. The lowest BCUT2D eigenvalue weighted by molar-refractivity contribution is -0.384. The summed E-state index contributed by atoms with van der Waals surface area (Å²) >= 11 is 0. The molecule has 4 rings (SSSR count). The summed E-state index contributed by atoms with van der Waals surface area (Å²) in [6.07, 6.45) is 4.84. The molecule has 2 aromatic heterocycles. The highest BCUT2D eigenvalue weighted by Crippen LogP contribution is 2.35. The van der Waals surface area contributed by atoms with Gasteiger partial charge in [-0.2, -0.15) is 5.10 Å². The molecule has 0 aliphatic carbocycles. The fourth-order valence-electron chi connectivity index (χ4n) is 3.98. The highest BCUT2D eigenvalue weighted by molar-refractivity contribution is 5.94. The van der Waals surface area contributed by atoms with Crippen molar-refractivity contribution >= 4 is 17.4 Å². The van der Waals surface area contributed by atoms with E-state index in [1.165, 1.54) is 0 Å². The number of aryl methyl sites for hydroxylation is 1. The summed E-state index contributed by atoms with van der Waals surface area (Å²) in [5.41, 5.74) is 8.04. The number of aromatic nitrogens is 3. The van der Waals surface area contributed by atoms with E-state index in [2.05, 4.69) is 10.1 Å². The van der Waals surface area contributed by atoms with Gasteiger partial charge in [0.15, 0.2) is 0 Å². The standard InChI is InChI=1S/C21H22N6O3/c1-14-9-10-23-21(19(14)27(29)30)25-11-5-6-15(12-25)18-17(20(22)28)13-26(24-18)16-7-3-2-4-8-16/h2-4,7-10,13,15H,5-6,11-12H2,1H3,(H2,22,28)/t15-/m0/s1. The molecule has 2 N–H and O–H groups in total. The number of nitrogens with zero attached hydrogens (tertiary/aromatic N) is 5. The average molecular weight is 406 g/mol. The highest BCUT2D eigenvalue weighted by atomic mass is 16.6. The van der Waals surface area contributed by atoms with E-state index in [9.17, 15) is 14.9 Å². The van der Waals surface area contributed by atoms with E-state index in [0.717, 1.165) is 18.5 Å². The van der Waals surface area contributed by atoms with Crippen LogP contribution in [0, 0.1) is 17.0 Å². The molecule has 0 saturated carbocycles. The molecular weight excluding hydrogens is 384 g/mol. The minimum absolute atomic E-state index is 0.0167. The number of benzene rings is 1. The van der Waals surface area contributed by atoms with Gasteiger partial charge in [-0.25, -0.2) is 9.67 Å². The van der Waals surface area contributed by atoms with Gasteiger partial charge in [0.05, 0.1) is 21.9 Å². The number of carbonyl (C=O) groups excluding carboxylic acids is 1. The van der Waals surface area contributed by atoms with Crippen LogP contribution in [0.5, 0.6) is 0 Å². The zero-order valence-corrected chi connectivity index (χ0v) is 16.6.